The highest BCUT2D eigenvalue weighted by Crippen LogP contribution is 2.28. The molecule has 1 heterocycles. The van der Waals surface area contributed by atoms with Crippen LogP contribution in [0.5, 0.6) is 11.5 Å². The van der Waals surface area contributed by atoms with E-state index in [9.17, 15) is 14.0 Å². The number of halogens is 1. The highest BCUT2D eigenvalue weighted by molar-refractivity contribution is 6.04. The van der Waals surface area contributed by atoms with E-state index < -0.39 is 0 Å². The second-order valence-corrected chi connectivity index (χ2v) is 9.94. The van der Waals surface area contributed by atoms with Crippen molar-refractivity contribution in [3.05, 3.63) is 124 Å². The van der Waals surface area contributed by atoms with Crippen molar-refractivity contribution in [1.29, 1.82) is 0 Å². The molecule has 0 spiro atoms. The van der Waals surface area contributed by atoms with Crippen molar-refractivity contribution in [2.24, 2.45) is 0 Å². The first-order valence-electron chi connectivity index (χ1n) is 13.4. The predicted molar refractivity (Wildman–Crippen MR) is 156 cm³/mol. The molecule has 2 amide bonds. The zero-order valence-corrected chi connectivity index (χ0v) is 23.1. The summed E-state index contributed by atoms with van der Waals surface area (Å²) in [6.45, 7) is 2.33. The number of fused-ring (bicyclic) bond motifs is 1. The summed E-state index contributed by atoms with van der Waals surface area (Å²) >= 11 is 0. The molecule has 0 bridgehead atoms. The van der Waals surface area contributed by atoms with E-state index in [4.69, 9.17) is 9.47 Å². The summed E-state index contributed by atoms with van der Waals surface area (Å²) in [5, 5.41) is 5.88. The molecule has 0 aliphatic carbocycles. The van der Waals surface area contributed by atoms with Gasteiger partial charge in [-0.15, -0.1) is 0 Å². The lowest BCUT2D eigenvalue weighted by Gasteiger charge is -2.29. The number of rotatable bonds is 9. The fourth-order valence-electron chi connectivity index (χ4n) is 4.98. The van der Waals surface area contributed by atoms with E-state index >= 15 is 0 Å². The first kappa shape index (κ1) is 27.9. The molecule has 5 rings (SSSR count). The van der Waals surface area contributed by atoms with Crippen molar-refractivity contribution in [2.75, 3.05) is 26.1 Å². The smallest absolute Gasteiger partial charge is 0.255 e. The third-order valence-corrected chi connectivity index (χ3v) is 7.20. The topological polar surface area (TPSA) is 79.9 Å². The molecule has 2 N–H and O–H groups in total. The molecule has 0 unspecified atom stereocenters. The first-order chi connectivity index (χ1) is 19.9. The summed E-state index contributed by atoms with van der Waals surface area (Å²) in [5.74, 6) is 0.318. The number of amides is 2. The van der Waals surface area contributed by atoms with E-state index in [2.05, 4.69) is 15.5 Å². The summed E-state index contributed by atoms with van der Waals surface area (Å²) in [5.41, 5.74) is 5.46. The number of hydrogen-bond acceptors (Lipinski definition) is 5. The Kier molecular flexibility index (Phi) is 8.60. The van der Waals surface area contributed by atoms with Gasteiger partial charge in [-0.25, -0.2) is 4.39 Å². The molecule has 0 saturated heterocycles. The molecule has 8 heteroatoms. The van der Waals surface area contributed by atoms with Crippen LogP contribution in [0.1, 0.15) is 43.0 Å². The Bertz CT molecular complexity index is 1570. The summed E-state index contributed by atoms with van der Waals surface area (Å²) in [6.07, 6.45) is 0.870. The Morgan fingerprint density at radius 3 is 2.44 bits per heavy atom. The van der Waals surface area contributed by atoms with Crippen LogP contribution in [0, 0.1) is 5.82 Å². The SMILES string of the molecule is COc1ccc(C(=O)NCc2cccc(C(=O)Nc3ccc4c(c3)CN(Cc3ccccc3F)CC4)c2)cc1OC. The normalized spacial score (nSPS) is 12.8. The van der Waals surface area contributed by atoms with Gasteiger partial charge in [0.15, 0.2) is 11.5 Å². The Morgan fingerprint density at radius 2 is 1.63 bits per heavy atom. The average Bonchev–Trinajstić information content (AvgIpc) is 3.00. The molecule has 7 nitrogen and oxygen atoms in total. The maximum Gasteiger partial charge on any atom is 0.255 e. The van der Waals surface area contributed by atoms with Crippen LogP contribution in [0.4, 0.5) is 10.1 Å². The fraction of sp³-hybridized carbons (Fsp3) is 0.212. The largest absolute Gasteiger partial charge is 0.493 e. The van der Waals surface area contributed by atoms with Gasteiger partial charge in [0.25, 0.3) is 11.8 Å². The molecule has 0 aromatic heterocycles. The molecular formula is C33H32FN3O4. The molecule has 4 aromatic rings. The van der Waals surface area contributed by atoms with Gasteiger partial charge in [-0.1, -0.05) is 36.4 Å². The van der Waals surface area contributed by atoms with E-state index in [1.54, 1.807) is 42.5 Å². The van der Waals surface area contributed by atoms with Crippen LogP contribution in [-0.2, 0) is 26.1 Å². The number of carbonyl (C=O) groups excluding carboxylic acids is 2. The van der Waals surface area contributed by atoms with Crippen LogP contribution in [0.25, 0.3) is 0 Å². The Balaban J connectivity index is 1.20. The van der Waals surface area contributed by atoms with E-state index in [1.165, 1.54) is 25.8 Å². The Morgan fingerprint density at radius 1 is 0.829 bits per heavy atom. The Hall–Kier alpha value is -4.69. The molecule has 1 aliphatic heterocycles. The van der Waals surface area contributed by atoms with Crippen LogP contribution in [0.2, 0.25) is 0 Å². The van der Waals surface area contributed by atoms with Crippen molar-refractivity contribution in [3.63, 3.8) is 0 Å². The lowest BCUT2D eigenvalue weighted by atomic mass is 9.98. The molecule has 0 fully saturated rings. The van der Waals surface area contributed by atoms with Gasteiger partial charge in [0.05, 0.1) is 14.2 Å². The lowest BCUT2D eigenvalue weighted by Crippen LogP contribution is -2.30. The number of carbonyl (C=O) groups is 2. The number of ether oxygens (including phenoxy) is 2. The maximum atomic E-state index is 14.2. The molecule has 210 valence electrons. The zero-order chi connectivity index (χ0) is 28.8. The number of anilines is 1. The molecular weight excluding hydrogens is 521 g/mol. The van der Waals surface area contributed by atoms with Gasteiger partial charge in [-0.3, -0.25) is 14.5 Å². The minimum absolute atomic E-state index is 0.193. The molecule has 1 aliphatic rings. The van der Waals surface area contributed by atoms with Crippen LogP contribution in [0.15, 0.2) is 84.9 Å². The van der Waals surface area contributed by atoms with Gasteiger partial charge in [0.1, 0.15) is 5.82 Å². The maximum absolute atomic E-state index is 14.2. The second-order valence-electron chi connectivity index (χ2n) is 9.94. The van der Waals surface area contributed by atoms with Crippen LogP contribution >= 0.6 is 0 Å². The number of nitrogens with one attached hydrogen (secondary N) is 2. The molecule has 0 radical (unpaired) electrons. The molecule has 4 aromatic carbocycles. The average molecular weight is 554 g/mol. The van der Waals surface area contributed by atoms with Gasteiger partial charge >= 0.3 is 0 Å². The number of hydrogen-bond donors (Lipinski definition) is 2. The summed E-state index contributed by atoms with van der Waals surface area (Å²) in [7, 11) is 3.05. The first-order valence-corrected chi connectivity index (χ1v) is 13.4. The second kappa shape index (κ2) is 12.7. The lowest BCUT2D eigenvalue weighted by molar-refractivity contribution is 0.0950. The third-order valence-electron chi connectivity index (χ3n) is 7.20. The van der Waals surface area contributed by atoms with Crippen molar-refractivity contribution in [2.45, 2.75) is 26.1 Å². The highest BCUT2D eigenvalue weighted by Gasteiger charge is 2.19. The summed E-state index contributed by atoms with van der Waals surface area (Å²) in [6, 6.07) is 24.9. The van der Waals surface area contributed by atoms with E-state index in [1.807, 2.05) is 36.4 Å². The van der Waals surface area contributed by atoms with Gasteiger partial charge < -0.3 is 20.1 Å². The van der Waals surface area contributed by atoms with Crippen molar-refractivity contribution >= 4 is 17.5 Å². The molecule has 0 atom stereocenters. The predicted octanol–water partition coefficient (Wildman–Crippen LogP) is 5.58. The highest BCUT2D eigenvalue weighted by atomic mass is 19.1. The van der Waals surface area contributed by atoms with Crippen molar-refractivity contribution < 1.29 is 23.5 Å². The summed E-state index contributed by atoms with van der Waals surface area (Å²) in [4.78, 5) is 28.0. The summed E-state index contributed by atoms with van der Waals surface area (Å²) < 4.78 is 24.7. The van der Waals surface area contributed by atoms with Crippen LogP contribution in [-0.4, -0.2) is 37.5 Å². The minimum atomic E-state index is -0.265. The van der Waals surface area contributed by atoms with Crippen LogP contribution < -0.4 is 20.1 Å². The zero-order valence-electron chi connectivity index (χ0n) is 23.1. The van der Waals surface area contributed by atoms with E-state index in [0.29, 0.717) is 47.0 Å². The van der Waals surface area contributed by atoms with Gasteiger partial charge in [-0.05, 0) is 71.6 Å². The van der Waals surface area contributed by atoms with Crippen molar-refractivity contribution in [1.82, 2.24) is 10.2 Å². The van der Waals surface area contributed by atoms with Gasteiger partial charge in [0.2, 0.25) is 0 Å². The number of nitrogens with zero attached hydrogens (tertiary/aromatic N) is 1. The molecule has 0 saturated carbocycles. The van der Waals surface area contributed by atoms with E-state index in [-0.39, 0.29) is 24.2 Å². The van der Waals surface area contributed by atoms with E-state index in [0.717, 1.165) is 24.1 Å². The monoisotopic (exact) mass is 553 g/mol. The third kappa shape index (κ3) is 6.73. The molecule has 41 heavy (non-hydrogen) atoms. The standard InChI is InChI=1S/C33H32FN3O4/c1-40-30-13-11-25(18-31(30)41-2)32(38)35-19-22-6-5-8-24(16-22)33(39)36-28-12-10-23-14-15-37(21-27(23)17-28)20-26-7-3-4-9-29(26)34/h3-13,16-18H,14-15,19-21H2,1-2H3,(H,35,38)(H,36,39). The number of benzene rings is 4. The minimum Gasteiger partial charge on any atom is -0.493 e. The number of methoxy groups -OCH3 is 2. The fourth-order valence-corrected chi connectivity index (χ4v) is 4.98. The quantitative estimate of drug-likeness (QED) is 0.283. The van der Waals surface area contributed by atoms with Crippen LogP contribution in [0.3, 0.4) is 0 Å². The van der Waals surface area contributed by atoms with Gasteiger partial charge in [0, 0.05) is 48.6 Å². The van der Waals surface area contributed by atoms with Gasteiger partial charge in [-0.2, -0.15) is 0 Å². The Labute approximate surface area is 238 Å². The van der Waals surface area contributed by atoms with Crippen molar-refractivity contribution in [3.8, 4) is 11.5 Å².